The minimum atomic E-state index is -4.40. The Hall–Kier alpha value is -3.08. The molecule has 2 aromatic carbocycles. The van der Waals surface area contributed by atoms with Gasteiger partial charge in [0.05, 0.1) is 35.0 Å². The lowest BCUT2D eigenvalue weighted by Crippen LogP contribution is -2.46. The smallest absolute Gasteiger partial charge is 0.416 e. The molecule has 2 aliphatic rings. The summed E-state index contributed by atoms with van der Waals surface area (Å²) in [6, 6.07) is 9.80. The molecule has 2 saturated heterocycles. The Kier molecular flexibility index (Phi) is 6.83. The van der Waals surface area contributed by atoms with Crippen molar-refractivity contribution in [1.29, 1.82) is 0 Å². The highest BCUT2D eigenvalue weighted by molar-refractivity contribution is 7.80. The van der Waals surface area contributed by atoms with E-state index >= 15 is 0 Å². The lowest BCUT2D eigenvalue weighted by atomic mass is 10.1. The highest BCUT2D eigenvalue weighted by Gasteiger charge is 2.33. The fourth-order valence-electron chi connectivity index (χ4n) is 4.10. The fourth-order valence-corrected chi connectivity index (χ4v) is 4.18. The number of ether oxygens (including phenoxy) is 1. The second kappa shape index (κ2) is 9.65. The van der Waals surface area contributed by atoms with E-state index in [9.17, 15) is 22.4 Å². The zero-order chi connectivity index (χ0) is 24.5. The Balaban J connectivity index is 1.39. The van der Waals surface area contributed by atoms with E-state index in [-0.39, 0.29) is 6.54 Å². The highest BCUT2D eigenvalue weighted by Crippen LogP contribution is 2.33. The Morgan fingerprint density at radius 1 is 1.09 bits per heavy atom. The number of nitrogens with zero attached hydrogens (tertiary/aromatic N) is 3. The predicted octanol–water partition coefficient (Wildman–Crippen LogP) is 4.43. The van der Waals surface area contributed by atoms with Gasteiger partial charge in [-0.2, -0.15) is 13.2 Å². The normalized spacial score (nSPS) is 18.8. The van der Waals surface area contributed by atoms with E-state index in [4.69, 9.17) is 17.0 Å². The van der Waals surface area contributed by atoms with Crippen molar-refractivity contribution < 1.29 is 27.1 Å². The zero-order valence-electron chi connectivity index (χ0n) is 18.4. The Morgan fingerprint density at radius 3 is 2.44 bits per heavy atom. The zero-order valence-corrected chi connectivity index (χ0v) is 19.3. The summed E-state index contributed by atoms with van der Waals surface area (Å²) < 4.78 is 59.3. The van der Waals surface area contributed by atoms with Gasteiger partial charge >= 0.3 is 12.3 Å². The maximum absolute atomic E-state index is 15.0. The summed E-state index contributed by atoms with van der Waals surface area (Å²) in [7, 11) is 0. The van der Waals surface area contributed by atoms with Gasteiger partial charge in [0.15, 0.2) is 0 Å². The molecule has 11 heteroatoms. The molecular weight excluding hydrogens is 472 g/mol. The number of thiocarbonyl (C=S) groups is 1. The predicted molar refractivity (Wildman–Crippen MR) is 126 cm³/mol. The monoisotopic (exact) mass is 496 g/mol. The third kappa shape index (κ3) is 5.35. The Bertz CT molecular complexity index is 1070. The van der Waals surface area contributed by atoms with Crippen LogP contribution >= 0.6 is 12.2 Å². The summed E-state index contributed by atoms with van der Waals surface area (Å²) in [6.07, 6.45) is -5.34. The van der Waals surface area contributed by atoms with Crippen molar-refractivity contribution in [2.24, 2.45) is 0 Å². The molecule has 2 fully saturated rings. The van der Waals surface area contributed by atoms with Gasteiger partial charge in [-0.3, -0.25) is 4.90 Å². The minimum Gasteiger partial charge on any atom is -0.442 e. The second-order valence-electron chi connectivity index (χ2n) is 8.21. The van der Waals surface area contributed by atoms with Crippen LogP contribution in [-0.4, -0.2) is 56.5 Å². The van der Waals surface area contributed by atoms with Gasteiger partial charge in [0, 0.05) is 31.9 Å². The SMILES string of the molecule is CC(=S)NC[C@H]1CN(c2ccc(N3CCN(c4cccc(C(F)(F)F)c4)CC3)c(F)c2)C(=O)O1. The number of piperazine rings is 1. The van der Waals surface area contributed by atoms with Gasteiger partial charge in [-0.15, -0.1) is 0 Å². The van der Waals surface area contributed by atoms with E-state index in [1.165, 1.54) is 17.0 Å². The van der Waals surface area contributed by atoms with Crippen LogP contribution in [0.5, 0.6) is 0 Å². The molecule has 34 heavy (non-hydrogen) atoms. The molecule has 1 atom stereocenters. The van der Waals surface area contributed by atoms with Gasteiger partial charge < -0.3 is 19.9 Å². The molecule has 1 amide bonds. The number of carbonyl (C=O) groups excluding carboxylic acids is 1. The number of hydrogen-bond acceptors (Lipinski definition) is 5. The van der Waals surface area contributed by atoms with E-state index in [0.29, 0.717) is 54.8 Å². The minimum absolute atomic E-state index is 0.281. The number of amides is 1. The van der Waals surface area contributed by atoms with Crippen LogP contribution in [0, 0.1) is 5.82 Å². The molecule has 2 aliphatic heterocycles. The largest absolute Gasteiger partial charge is 0.442 e. The van der Waals surface area contributed by atoms with E-state index in [0.717, 1.165) is 12.1 Å². The number of benzene rings is 2. The van der Waals surface area contributed by atoms with Crippen molar-refractivity contribution in [2.75, 3.05) is 54.0 Å². The Morgan fingerprint density at radius 2 is 1.79 bits per heavy atom. The van der Waals surface area contributed by atoms with Crippen molar-refractivity contribution in [1.82, 2.24) is 5.32 Å². The number of nitrogens with one attached hydrogen (secondary N) is 1. The highest BCUT2D eigenvalue weighted by atomic mass is 32.1. The molecule has 0 aliphatic carbocycles. The molecule has 182 valence electrons. The summed E-state index contributed by atoms with van der Waals surface area (Å²) in [6.45, 7) is 4.20. The van der Waals surface area contributed by atoms with Gasteiger partial charge in [-0.1, -0.05) is 18.3 Å². The molecule has 4 rings (SSSR count). The molecule has 0 radical (unpaired) electrons. The summed E-state index contributed by atoms with van der Waals surface area (Å²) in [5.74, 6) is -0.478. The lowest BCUT2D eigenvalue weighted by Gasteiger charge is -2.37. The molecule has 0 aromatic heterocycles. The van der Waals surface area contributed by atoms with Crippen LogP contribution in [-0.2, 0) is 10.9 Å². The third-order valence-electron chi connectivity index (χ3n) is 5.85. The van der Waals surface area contributed by atoms with Gasteiger partial charge in [-0.05, 0) is 43.3 Å². The molecule has 0 unspecified atom stereocenters. The molecule has 1 N–H and O–H groups in total. The molecule has 2 heterocycles. The molecule has 6 nitrogen and oxygen atoms in total. The van der Waals surface area contributed by atoms with Crippen LogP contribution in [0.25, 0.3) is 0 Å². The first-order chi connectivity index (χ1) is 16.1. The number of cyclic esters (lactones) is 1. The average Bonchev–Trinajstić information content (AvgIpc) is 3.18. The topological polar surface area (TPSA) is 48.0 Å². The van der Waals surface area contributed by atoms with E-state index in [1.807, 2.05) is 9.80 Å². The summed E-state index contributed by atoms with van der Waals surface area (Å²) in [5, 5.41) is 2.96. The average molecular weight is 497 g/mol. The van der Waals surface area contributed by atoms with Gasteiger partial charge in [0.1, 0.15) is 11.9 Å². The lowest BCUT2D eigenvalue weighted by molar-refractivity contribution is -0.137. The fraction of sp³-hybridized carbons (Fsp3) is 0.391. The standard InChI is InChI=1S/C23H24F4N4O2S/c1-15(34)28-13-19-14-31(22(32)33-19)18-5-6-21(20(24)12-18)30-9-7-29(8-10-30)17-4-2-3-16(11-17)23(25,26)27/h2-6,11-12,19H,7-10,13-14H2,1H3,(H,28,34)/t19-/m0/s1. The van der Waals surface area contributed by atoms with Crippen molar-refractivity contribution in [3.8, 4) is 0 Å². The van der Waals surface area contributed by atoms with E-state index in [1.54, 1.807) is 25.1 Å². The summed E-state index contributed by atoms with van der Waals surface area (Å²) in [4.78, 5) is 17.9. The maximum Gasteiger partial charge on any atom is 0.416 e. The maximum atomic E-state index is 15.0. The van der Waals surface area contributed by atoms with Crippen LogP contribution in [0.3, 0.4) is 0 Å². The van der Waals surface area contributed by atoms with E-state index < -0.39 is 29.8 Å². The van der Waals surface area contributed by atoms with E-state index in [2.05, 4.69) is 5.32 Å². The number of anilines is 3. The van der Waals surface area contributed by atoms with Crippen LogP contribution in [0.4, 0.5) is 39.4 Å². The first-order valence-electron chi connectivity index (χ1n) is 10.8. The Labute approximate surface area is 200 Å². The van der Waals surface area contributed by atoms with Crippen LogP contribution in [0.15, 0.2) is 42.5 Å². The number of alkyl halides is 3. The number of carbonyl (C=O) groups is 1. The van der Waals surface area contributed by atoms with Crippen molar-refractivity contribution in [3.63, 3.8) is 0 Å². The van der Waals surface area contributed by atoms with Crippen molar-refractivity contribution >= 4 is 40.4 Å². The molecule has 0 bridgehead atoms. The number of halogens is 4. The quantitative estimate of drug-likeness (QED) is 0.488. The summed E-state index contributed by atoms with van der Waals surface area (Å²) in [5.41, 5.74) is 0.584. The van der Waals surface area contributed by atoms with Gasteiger partial charge in [0.2, 0.25) is 0 Å². The molecule has 2 aromatic rings. The third-order valence-corrected chi connectivity index (χ3v) is 6.00. The molecule has 0 saturated carbocycles. The van der Waals surface area contributed by atoms with Crippen molar-refractivity contribution in [3.05, 3.63) is 53.8 Å². The van der Waals surface area contributed by atoms with Crippen LogP contribution in [0.1, 0.15) is 12.5 Å². The first kappa shape index (κ1) is 24.1. The second-order valence-corrected chi connectivity index (χ2v) is 8.82. The van der Waals surface area contributed by atoms with Crippen LogP contribution in [0.2, 0.25) is 0 Å². The van der Waals surface area contributed by atoms with Crippen LogP contribution < -0.4 is 20.0 Å². The molecular formula is C23H24F4N4O2S. The van der Waals surface area contributed by atoms with Crippen molar-refractivity contribution in [2.45, 2.75) is 19.2 Å². The van der Waals surface area contributed by atoms with Gasteiger partial charge in [-0.25, -0.2) is 9.18 Å². The first-order valence-corrected chi connectivity index (χ1v) is 11.2. The number of hydrogen-bond donors (Lipinski definition) is 1. The van der Waals surface area contributed by atoms with Gasteiger partial charge in [0.25, 0.3) is 0 Å². The molecule has 0 spiro atoms. The summed E-state index contributed by atoms with van der Waals surface area (Å²) >= 11 is 4.96. The number of rotatable bonds is 5.